The topological polar surface area (TPSA) is 63.2 Å². The first kappa shape index (κ1) is 17.1. The Hall–Kier alpha value is -2.70. The minimum atomic E-state index is -0.619. The summed E-state index contributed by atoms with van der Waals surface area (Å²) < 4.78 is 32.8. The van der Waals surface area contributed by atoms with E-state index < -0.39 is 11.8 Å². The van der Waals surface area contributed by atoms with Gasteiger partial charge in [0, 0.05) is 24.4 Å². The highest BCUT2D eigenvalue weighted by atomic mass is 19.1. The van der Waals surface area contributed by atoms with Gasteiger partial charge in [0.05, 0.1) is 19.3 Å². The number of ether oxygens (including phenoxy) is 1. The highest BCUT2D eigenvalue weighted by molar-refractivity contribution is 5.73. The Kier molecular flexibility index (Phi) is 5.11. The third kappa shape index (κ3) is 4.23. The van der Waals surface area contributed by atoms with Crippen molar-refractivity contribution in [3.8, 4) is 5.75 Å². The zero-order valence-corrected chi connectivity index (χ0v) is 13.8. The second kappa shape index (κ2) is 7.46. The lowest BCUT2D eigenvalue weighted by atomic mass is 10.1. The van der Waals surface area contributed by atoms with Crippen molar-refractivity contribution in [3.05, 3.63) is 58.9 Å². The van der Waals surface area contributed by atoms with Gasteiger partial charge in [-0.05, 0) is 30.4 Å². The number of hydrogen-bond acceptors (Lipinski definition) is 3. The lowest BCUT2D eigenvalue weighted by molar-refractivity contribution is 0.239. The molecule has 1 aromatic carbocycles. The van der Waals surface area contributed by atoms with E-state index in [9.17, 15) is 13.6 Å². The molecule has 0 atom stereocenters. The van der Waals surface area contributed by atoms with Crippen LogP contribution in [0.3, 0.4) is 0 Å². The van der Waals surface area contributed by atoms with E-state index in [2.05, 4.69) is 15.6 Å². The first-order valence-corrected chi connectivity index (χ1v) is 8.06. The van der Waals surface area contributed by atoms with Crippen molar-refractivity contribution in [2.24, 2.45) is 0 Å². The molecule has 2 amide bonds. The second-order valence-electron chi connectivity index (χ2n) is 5.94. The number of nitrogens with one attached hydrogen (secondary N) is 2. The van der Waals surface area contributed by atoms with Crippen molar-refractivity contribution in [3.63, 3.8) is 0 Å². The Morgan fingerprint density at radius 3 is 2.68 bits per heavy atom. The molecule has 0 saturated heterocycles. The van der Waals surface area contributed by atoms with Crippen molar-refractivity contribution in [2.75, 3.05) is 7.11 Å². The summed E-state index contributed by atoms with van der Waals surface area (Å²) >= 11 is 0. The summed E-state index contributed by atoms with van der Waals surface area (Å²) in [4.78, 5) is 15.7. The molecule has 1 saturated carbocycles. The van der Waals surface area contributed by atoms with E-state index >= 15 is 0 Å². The molecule has 1 aromatic heterocycles. The van der Waals surface area contributed by atoms with Gasteiger partial charge in [0.25, 0.3) is 0 Å². The number of halogens is 2. The zero-order valence-electron chi connectivity index (χ0n) is 13.8. The number of carbonyl (C=O) groups is 1. The number of hydrogen-bond donors (Lipinski definition) is 2. The molecule has 5 nitrogen and oxygen atoms in total. The highest BCUT2D eigenvalue weighted by Gasteiger charge is 2.24. The Morgan fingerprint density at radius 2 is 2.00 bits per heavy atom. The molecule has 0 aliphatic heterocycles. The summed E-state index contributed by atoms with van der Waals surface area (Å²) in [6.07, 6.45) is 3.61. The van der Waals surface area contributed by atoms with E-state index in [1.165, 1.54) is 25.4 Å². The number of carbonyl (C=O) groups excluding carboxylic acids is 1. The van der Waals surface area contributed by atoms with Crippen molar-refractivity contribution >= 4 is 6.03 Å². The van der Waals surface area contributed by atoms with Gasteiger partial charge in [-0.3, -0.25) is 4.98 Å². The number of aromatic nitrogens is 1. The number of pyridine rings is 1. The standard InChI is InChI=1S/C18H19F2N3O2/c1-25-16-6-7-21-15(17(16)20)10-23-18(24)22-9-13-5-4-12(8-14(13)19)11-2-3-11/h4-8,11H,2-3,9-10H2,1H3,(H2,22,23,24). The number of benzene rings is 1. The fraction of sp³-hybridized carbons (Fsp3) is 0.333. The maximum absolute atomic E-state index is 14.0. The molecule has 7 heteroatoms. The smallest absolute Gasteiger partial charge is 0.315 e. The normalized spacial score (nSPS) is 13.4. The molecule has 1 fully saturated rings. The van der Waals surface area contributed by atoms with Gasteiger partial charge in [-0.15, -0.1) is 0 Å². The van der Waals surface area contributed by atoms with Crippen molar-refractivity contribution in [2.45, 2.75) is 31.8 Å². The van der Waals surface area contributed by atoms with Crippen molar-refractivity contribution in [1.29, 1.82) is 0 Å². The fourth-order valence-electron chi connectivity index (χ4n) is 2.53. The minimum Gasteiger partial charge on any atom is -0.494 e. The summed E-state index contributed by atoms with van der Waals surface area (Å²) in [6.45, 7) is -0.0470. The molecule has 132 valence electrons. The van der Waals surface area contributed by atoms with Gasteiger partial charge in [0.1, 0.15) is 5.82 Å². The van der Waals surface area contributed by atoms with Gasteiger partial charge in [-0.1, -0.05) is 12.1 Å². The molecule has 25 heavy (non-hydrogen) atoms. The average Bonchev–Trinajstić information content (AvgIpc) is 3.45. The molecule has 0 bridgehead atoms. The van der Waals surface area contributed by atoms with Crippen LogP contribution >= 0.6 is 0 Å². The number of rotatable bonds is 6. The zero-order chi connectivity index (χ0) is 17.8. The maximum atomic E-state index is 14.0. The lowest BCUT2D eigenvalue weighted by Gasteiger charge is -2.10. The second-order valence-corrected chi connectivity index (χ2v) is 5.94. The Bertz CT molecular complexity index is 779. The van der Waals surface area contributed by atoms with Crippen LogP contribution in [0.1, 0.15) is 35.6 Å². The molecule has 1 aliphatic rings. The average molecular weight is 347 g/mol. The predicted molar refractivity (Wildman–Crippen MR) is 88.2 cm³/mol. The maximum Gasteiger partial charge on any atom is 0.315 e. The van der Waals surface area contributed by atoms with Crippen LogP contribution in [0.25, 0.3) is 0 Å². The largest absolute Gasteiger partial charge is 0.494 e. The molecular formula is C18H19F2N3O2. The Morgan fingerprint density at radius 1 is 1.24 bits per heavy atom. The monoisotopic (exact) mass is 347 g/mol. The SMILES string of the molecule is COc1ccnc(CNC(=O)NCc2ccc(C3CC3)cc2F)c1F. The van der Waals surface area contributed by atoms with Crippen LogP contribution in [0.5, 0.6) is 5.75 Å². The molecule has 0 spiro atoms. The summed E-state index contributed by atoms with van der Waals surface area (Å²) in [5.74, 6) is -0.410. The van der Waals surface area contributed by atoms with Crippen LogP contribution in [-0.2, 0) is 13.1 Å². The van der Waals surface area contributed by atoms with Crippen LogP contribution in [0.15, 0.2) is 30.5 Å². The molecule has 0 unspecified atom stereocenters. The molecule has 3 rings (SSSR count). The van der Waals surface area contributed by atoms with Crippen LogP contribution in [0.4, 0.5) is 13.6 Å². The molecular weight excluding hydrogens is 328 g/mol. The van der Waals surface area contributed by atoms with Crippen molar-refractivity contribution in [1.82, 2.24) is 15.6 Å². The third-order valence-corrected chi connectivity index (χ3v) is 4.13. The van der Waals surface area contributed by atoms with Crippen LogP contribution in [-0.4, -0.2) is 18.1 Å². The number of methoxy groups -OCH3 is 1. The fourth-order valence-corrected chi connectivity index (χ4v) is 2.53. The lowest BCUT2D eigenvalue weighted by Crippen LogP contribution is -2.35. The summed E-state index contributed by atoms with van der Waals surface area (Å²) in [5.41, 5.74) is 1.48. The minimum absolute atomic E-state index is 0.0522. The number of urea groups is 1. The predicted octanol–water partition coefficient (Wildman–Crippen LogP) is 3.25. The van der Waals surface area contributed by atoms with E-state index in [4.69, 9.17) is 4.74 Å². The molecule has 2 aromatic rings. The quantitative estimate of drug-likeness (QED) is 0.843. The van der Waals surface area contributed by atoms with E-state index in [1.807, 2.05) is 6.07 Å². The first-order chi connectivity index (χ1) is 12.1. The molecule has 1 heterocycles. The van der Waals surface area contributed by atoms with Gasteiger partial charge in [-0.2, -0.15) is 0 Å². The summed E-state index contributed by atoms with van der Waals surface area (Å²) in [5, 5.41) is 5.04. The van der Waals surface area contributed by atoms with Gasteiger partial charge in [-0.25, -0.2) is 13.6 Å². The first-order valence-electron chi connectivity index (χ1n) is 8.06. The van der Waals surface area contributed by atoms with Gasteiger partial charge >= 0.3 is 6.03 Å². The summed E-state index contributed by atoms with van der Waals surface area (Å²) in [7, 11) is 1.35. The van der Waals surface area contributed by atoms with Crippen LogP contribution in [0, 0.1) is 11.6 Å². The van der Waals surface area contributed by atoms with Crippen LogP contribution < -0.4 is 15.4 Å². The van der Waals surface area contributed by atoms with E-state index in [0.29, 0.717) is 11.5 Å². The van der Waals surface area contributed by atoms with Crippen LogP contribution in [0.2, 0.25) is 0 Å². The molecule has 1 aliphatic carbocycles. The van der Waals surface area contributed by atoms with Gasteiger partial charge < -0.3 is 15.4 Å². The number of nitrogens with zero attached hydrogens (tertiary/aromatic N) is 1. The van der Waals surface area contributed by atoms with E-state index in [-0.39, 0.29) is 30.4 Å². The highest BCUT2D eigenvalue weighted by Crippen LogP contribution is 2.40. The van der Waals surface area contributed by atoms with Crippen molar-refractivity contribution < 1.29 is 18.3 Å². The third-order valence-electron chi connectivity index (χ3n) is 4.13. The van der Waals surface area contributed by atoms with E-state index in [0.717, 1.165) is 18.4 Å². The number of amides is 2. The van der Waals surface area contributed by atoms with E-state index in [1.54, 1.807) is 6.07 Å². The molecule has 2 N–H and O–H groups in total. The molecule has 0 radical (unpaired) electrons. The summed E-state index contributed by atoms with van der Waals surface area (Å²) in [6, 6.07) is 5.97. The Balaban J connectivity index is 1.51. The Labute approximate surface area is 144 Å². The van der Waals surface area contributed by atoms with Gasteiger partial charge in [0.15, 0.2) is 11.6 Å². The van der Waals surface area contributed by atoms with Gasteiger partial charge in [0.2, 0.25) is 0 Å².